The molecule has 5 heteroatoms. The quantitative estimate of drug-likeness (QED) is 0.708. The van der Waals surface area contributed by atoms with Crippen LogP contribution in [0.3, 0.4) is 0 Å². The van der Waals surface area contributed by atoms with Crippen LogP contribution < -0.4 is 5.32 Å². The number of amides is 1. The summed E-state index contributed by atoms with van der Waals surface area (Å²) in [5.74, 6) is -0.167. The van der Waals surface area contributed by atoms with Crippen molar-refractivity contribution in [1.29, 1.82) is 0 Å². The molecule has 1 N–H and O–H groups in total. The fourth-order valence-corrected chi connectivity index (χ4v) is 2.71. The molecule has 4 nitrogen and oxygen atoms in total. The average Bonchev–Trinajstić information content (AvgIpc) is 3.07. The number of rotatable bonds is 5. The zero-order chi connectivity index (χ0) is 19.6. The SMILES string of the molecule is Cc1cccc(-n2nc(-c3ccc(F)cc3)cc2C(=O)NC(C)C(C)C)c1. The summed E-state index contributed by atoms with van der Waals surface area (Å²) in [7, 11) is 0. The number of hydrogen-bond donors (Lipinski definition) is 1. The van der Waals surface area contributed by atoms with Gasteiger partial charge in [-0.05, 0) is 67.8 Å². The molecule has 0 radical (unpaired) electrons. The summed E-state index contributed by atoms with van der Waals surface area (Å²) in [5.41, 5.74) is 3.72. The molecule has 0 saturated carbocycles. The molecule has 2 aromatic carbocycles. The van der Waals surface area contributed by atoms with Gasteiger partial charge < -0.3 is 5.32 Å². The molecular formula is C22H24FN3O. The third-order valence-electron chi connectivity index (χ3n) is 4.69. The topological polar surface area (TPSA) is 46.9 Å². The third kappa shape index (κ3) is 4.25. The Morgan fingerprint density at radius 3 is 2.41 bits per heavy atom. The number of halogens is 1. The van der Waals surface area contributed by atoms with Crippen LogP contribution >= 0.6 is 0 Å². The van der Waals surface area contributed by atoms with Gasteiger partial charge in [0.25, 0.3) is 5.91 Å². The molecule has 140 valence electrons. The van der Waals surface area contributed by atoms with Crippen molar-refractivity contribution in [3.8, 4) is 16.9 Å². The van der Waals surface area contributed by atoms with Crippen LogP contribution in [0.15, 0.2) is 54.6 Å². The number of carbonyl (C=O) groups excluding carboxylic acids is 1. The van der Waals surface area contributed by atoms with Crippen molar-refractivity contribution >= 4 is 5.91 Å². The molecule has 27 heavy (non-hydrogen) atoms. The maximum Gasteiger partial charge on any atom is 0.270 e. The summed E-state index contributed by atoms with van der Waals surface area (Å²) in [6.45, 7) is 8.10. The average molecular weight is 365 g/mol. The summed E-state index contributed by atoms with van der Waals surface area (Å²) in [4.78, 5) is 12.9. The second-order valence-corrected chi connectivity index (χ2v) is 7.18. The highest BCUT2D eigenvalue weighted by atomic mass is 19.1. The molecule has 1 amide bonds. The molecule has 3 aromatic rings. The van der Waals surface area contributed by atoms with E-state index in [9.17, 15) is 9.18 Å². The number of benzene rings is 2. The van der Waals surface area contributed by atoms with Crippen molar-refractivity contribution in [1.82, 2.24) is 15.1 Å². The van der Waals surface area contributed by atoms with Crippen LogP contribution in [-0.2, 0) is 0 Å². The van der Waals surface area contributed by atoms with E-state index in [4.69, 9.17) is 0 Å². The Morgan fingerprint density at radius 1 is 1.07 bits per heavy atom. The second-order valence-electron chi connectivity index (χ2n) is 7.18. The Balaban J connectivity index is 2.06. The van der Waals surface area contributed by atoms with E-state index in [0.29, 0.717) is 17.3 Å². The molecule has 1 atom stereocenters. The van der Waals surface area contributed by atoms with Crippen molar-refractivity contribution in [2.45, 2.75) is 33.7 Å². The summed E-state index contributed by atoms with van der Waals surface area (Å²) in [6, 6.07) is 15.7. The lowest BCUT2D eigenvalue weighted by molar-refractivity contribution is 0.0922. The van der Waals surface area contributed by atoms with E-state index in [1.54, 1.807) is 22.9 Å². The van der Waals surface area contributed by atoms with E-state index in [0.717, 1.165) is 16.8 Å². The highest BCUT2D eigenvalue weighted by Gasteiger charge is 2.20. The van der Waals surface area contributed by atoms with Crippen LogP contribution in [-0.4, -0.2) is 21.7 Å². The van der Waals surface area contributed by atoms with E-state index in [1.807, 2.05) is 38.1 Å². The molecular weight excluding hydrogens is 341 g/mol. The normalized spacial score (nSPS) is 12.2. The van der Waals surface area contributed by atoms with Gasteiger partial charge in [0.15, 0.2) is 0 Å². The third-order valence-corrected chi connectivity index (χ3v) is 4.69. The Bertz CT molecular complexity index is 944. The van der Waals surface area contributed by atoms with Crippen molar-refractivity contribution < 1.29 is 9.18 Å². The first kappa shape index (κ1) is 18.8. The summed E-state index contributed by atoms with van der Waals surface area (Å²) in [6.07, 6.45) is 0. The lowest BCUT2D eigenvalue weighted by Crippen LogP contribution is -2.37. The first-order valence-corrected chi connectivity index (χ1v) is 9.09. The number of aromatic nitrogens is 2. The van der Waals surface area contributed by atoms with Crippen LogP contribution in [0, 0.1) is 18.7 Å². The second kappa shape index (κ2) is 7.74. The van der Waals surface area contributed by atoms with E-state index in [1.165, 1.54) is 12.1 Å². The van der Waals surface area contributed by atoms with Gasteiger partial charge in [0.1, 0.15) is 11.5 Å². The molecule has 1 aromatic heterocycles. The van der Waals surface area contributed by atoms with Crippen LogP contribution in [0.25, 0.3) is 16.9 Å². The Hall–Kier alpha value is -2.95. The van der Waals surface area contributed by atoms with Gasteiger partial charge in [-0.2, -0.15) is 5.10 Å². The van der Waals surface area contributed by atoms with Crippen molar-refractivity contribution in [2.75, 3.05) is 0 Å². The zero-order valence-electron chi connectivity index (χ0n) is 16.0. The highest BCUT2D eigenvalue weighted by molar-refractivity contribution is 5.94. The van der Waals surface area contributed by atoms with Crippen LogP contribution in [0.2, 0.25) is 0 Å². The minimum Gasteiger partial charge on any atom is -0.348 e. The van der Waals surface area contributed by atoms with Crippen molar-refractivity contribution in [3.05, 3.63) is 71.7 Å². The Labute approximate surface area is 159 Å². The van der Waals surface area contributed by atoms with Gasteiger partial charge in [-0.1, -0.05) is 26.0 Å². The molecule has 0 saturated heterocycles. The fourth-order valence-electron chi connectivity index (χ4n) is 2.71. The molecule has 1 unspecified atom stereocenters. The molecule has 0 aliphatic carbocycles. The van der Waals surface area contributed by atoms with Gasteiger partial charge in [-0.3, -0.25) is 4.79 Å². The van der Waals surface area contributed by atoms with Gasteiger partial charge in [-0.25, -0.2) is 9.07 Å². The van der Waals surface area contributed by atoms with Gasteiger partial charge in [0.2, 0.25) is 0 Å². The highest BCUT2D eigenvalue weighted by Crippen LogP contribution is 2.23. The molecule has 0 bridgehead atoms. The molecule has 0 fully saturated rings. The van der Waals surface area contributed by atoms with Crippen molar-refractivity contribution in [3.63, 3.8) is 0 Å². The smallest absolute Gasteiger partial charge is 0.270 e. The maximum absolute atomic E-state index is 13.3. The van der Waals surface area contributed by atoms with E-state index in [2.05, 4.69) is 24.3 Å². The van der Waals surface area contributed by atoms with Crippen LogP contribution in [0.5, 0.6) is 0 Å². The zero-order valence-corrected chi connectivity index (χ0v) is 16.0. The van der Waals surface area contributed by atoms with Gasteiger partial charge in [-0.15, -0.1) is 0 Å². The molecule has 0 aliphatic heterocycles. The van der Waals surface area contributed by atoms with Crippen LogP contribution in [0.4, 0.5) is 4.39 Å². The first-order chi connectivity index (χ1) is 12.8. The van der Waals surface area contributed by atoms with Gasteiger partial charge in [0.05, 0.1) is 11.4 Å². The number of nitrogens with one attached hydrogen (secondary N) is 1. The molecule has 0 spiro atoms. The number of hydrogen-bond acceptors (Lipinski definition) is 2. The van der Waals surface area contributed by atoms with E-state index < -0.39 is 0 Å². The Kier molecular flexibility index (Phi) is 5.40. The fraction of sp³-hybridized carbons (Fsp3) is 0.273. The number of carbonyl (C=O) groups is 1. The Morgan fingerprint density at radius 2 is 1.78 bits per heavy atom. The number of nitrogens with zero attached hydrogens (tertiary/aromatic N) is 2. The summed E-state index contributed by atoms with van der Waals surface area (Å²) >= 11 is 0. The molecule has 1 heterocycles. The standard InChI is InChI=1S/C22H24FN3O/c1-14(2)16(4)24-22(27)21-13-20(17-8-10-18(23)11-9-17)25-26(21)19-7-5-6-15(3)12-19/h5-14,16H,1-4H3,(H,24,27). The minimum atomic E-state index is -0.305. The van der Waals surface area contributed by atoms with Gasteiger partial charge in [0, 0.05) is 11.6 Å². The lowest BCUT2D eigenvalue weighted by atomic mass is 10.1. The molecule has 3 rings (SSSR count). The largest absolute Gasteiger partial charge is 0.348 e. The maximum atomic E-state index is 13.3. The minimum absolute atomic E-state index is 0.0348. The van der Waals surface area contributed by atoms with Crippen molar-refractivity contribution in [2.24, 2.45) is 5.92 Å². The first-order valence-electron chi connectivity index (χ1n) is 9.09. The number of aryl methyl sites for hydroxylation is 1. The van der Waals surface area contributed by atoms with E-state index >= 15 is 0 Å². The van der Waals surface area contributed by atoms with Crippen LogP contribution in [0.1, 0.15) is 36.8 Å². The van der Waals surface area contributed by atoms with Gasteiger partial charge >= 0.3 is 0 Å². The predicted molar refractivity (Wildman–Crippen MR) is 105 cm³/mol. The predicted octanol–water partition coefficient (Wildman–Crippen LogP) is 4.76. The summed E-state index contributed by atoms with van der Waals surface area (Å²) in [5, 5.41) is 7.66. The molecule has 0 aliphatic rings. The summed E-state index contributed by atoms with van der Waals surface area (Å²) < 4.78 is 14.9. The lowest BCUT2D eigenvalue weighted by Gasteiger charge is -2.17. The van der Waals surface area contributed by atoms with E-state index in [-0.39, 0.29) is 17.8 Å². The monoisotopic (exact) mass is 365 g/mol.